The number of hydrogen-bond donors (Lipinski definition) is 3. The molecule has 0 bridgehead atoms. The normalized spacial score (nSPS) is 11.9. The van der Waals surface area contributed by atoms with E-state index in [4.69, 9.17) is 0 Å². The summed E-state index contributed by atoms with van der Waals surface area (Å²) in [5.41, 5.74) is 3.77. The van der Waals surface area contributed by atoms with Gasteiger partial charge >= 0.3 is 109 Å². The summed E-state index contributed by atoms with van der Waals surface area (Å²) >= 11 is 0. The van der Waals surface area contributed by atoms with Gasteiger partial charge in [0, 0.05) is 0 Å². The van der Waals surface area contributed by atoms with Crippen molar-refractivity contribution < 1.29 is 4.79 Å². The minimum absolute atomic E-state index is 0.263. The van der Waals surface area contributed by atoms with Crippen LogP contribution in [0.3, 0.4) is 0 Å². The molecule has 0 saturated heterocycles. The molecule has 4 nitrogen and oxygen atoms in total. The zero-order chi connectivity index (χ0) is 13.9. The van der Waals surface area contributed by atoms with E-state index >= 15 is 0 Å². The third-order valence-electron chi connectivity index (χ3n) is 2.87. The molecule has 3 N–H and O–H groups in total. The third kappa shape index (κ3) is 2.94. The Morgan fingerprint density at radius 1 is 0.944 bits per heavy atom. The summed E-state index contributed by atoms with van der Waals surface area (Å²) in [4.78, 5) is 12.6. The second kappa shape index (κ2) is 5.57. The molecule has 0 heterocycles. The van der Waals surface area contributed by atoms with Crippen LogP contribution in [0, 0.1) is 0 Å². The van der Waals surface area contributed by atoms with E-state index in [2.05, 4.69) is 35.9 Å². The van der Waals surface area contributed by atoms with Crippen molar-refractivity contribution >= 4 is 29.8 Å². The van der Waals surface area contributed by atoms with Gasteiger partial charge in [0.2, 0.25) is 0 Å². The van der Waals surface area contributed by atoms with Crippen LogP contribution in [0.2, 0.25) is 0 Å². The van der Waals surface area contributed by atoms with Crippen molar-refractivity contribution in [3.8, 4) is 0 Å². The molecule has 0 amide bonds. The molecule has 1 rings (SSSR count). The van der Waals surface area contributed by atoms with Crippen molar-refractivity contribution in [1.29, 1.82) is 0 Å². The van der Waals surface area contributed by atoms with Crippen LogP contribution in [0.25, 0.3) is 0 Å². The molecular formula is C13H24N3OP. The topological polar surface area (TPSA) is 53.2 Å². The van der Waals surface area contributed by atoms with Crippen LogP contribution in [0.15, 0.2) is 12.1 Å². The van der Waals surface area contributed by atoms with Crippen molar-refractivity contribution in [3.05, 3.63) is 17.7 Å². The van der Waals surface area contributed by atoms with E-state index in [1.54, 1.807) is 0 Å². The maximum absolute atomic E-state index is 12.6. The zero-order valence-electron chi connectivity index (χ0n) is 12.1. The Bertz CT molecular complexity index is 427. The van der Waals surface area contributed by atoms with Gasteiger partial charge < -0.3 is 0 Å². The third-order valence-corrected chi connectivity index (χ3v) is 4.49. The molecule has 0 fully saturated rings. The van der Waals surface area contributed by atoms with E-state index < -0.39 is 7.26 Å². The standard InChI is InChI=1S/C13H24N3OP/c1-14-9-7-10(15-2)12(11(8-9)16-3)13(17)18(4,5)6/h7-8,14-16,18H,1-6H3. The van der Waals surface area contributed by atoms with E-state index in [1.165, 1.54) is 0 Å². The van der Waals surface area contributed by atoms with Crippen LogP contribution in [-0.2, 0) is 0 Å². The first-order chi connectivity index (χ1) is 8.35. The quantitative estimate of drug-likeness (QED) is 0.719. The van der Waals surface area contributed by atoms with Crippen LogP contribution in [-0.4, -0.2) is 46.7 Å². The minimum atomic E-state index is -1.86. The number of carbonyl (C=O) groups is 1. The molecule has 0 aromatic heterocycles. The van der Waals surface area contributed by atoms with Crippen molar-refractivity contribution in [2.45, 2.75) is 0 Å². The summed E-state index contributed by atoms with van der Waals surface area (Å²) < 4.78 is 0. The average Bonchev–Trinajstić information content (AvgIpc) is 2.34. The predicted octanol–water partition coefficient (Wildman–Crippen LogP) is 2.59. The van der Waals surface area contributed by atoms with Crippen LogP contribution >= 0.6 is 7.26 Å². The molecule has 0 atom stereocenters. The molecule has 0 aliphatic carbocycles. The number of carbonyl (C=O) groups excluding carboxylic acids is 1. The van der Waals surface area contributed by atoms with Gasteiger partial charge in [-0.15, -0.1) is 0 Å². The fraction of sp³-hybridized carbons (Fsp3) is 0.462. The van der Waals surface area contributed by atoms with Crippen LogP contribution < -0.4 is 16.0 Å². The molecule has 0 unspecified atom stereocenters. The van der Waals surface area contributed by atoms with E-state index in [1.807, 2.05) is 33.3 Å². The molecule has 0 spiro atoms. The summed E-state index contributed by atoms with van der Waals surface area (Å²) in [6, 6.07) is 3.93. The fourth-order valence-electron chi connectivity index (χ4n) is 1.80. The Morgan fingerprint density at radius 2 is 1.39 bits per heavy atom. The van der Waals surface area contributed by atoms with Crippen LogP contribution in [0.1, 0.15) is 10.4 Å². The maximum atomic E-state index is 12.6. The van der Waals surface area contributed by atoms with Crippen molar-refractivity contribution in [1.82, 2.24) is 0 Å². The SMILES string of the molecule is CNc1cc(NC)c(C(=O)[PH](C)(C)C)c(NC)c1. The molecule has 1 aromatic carbocycles. The molecular weight excluding hydrogens is 245 g/mol. The van der Waals surface area contributed by atoms with Gasteiger partial charge in [0.15, 0.2) is 0 Å². The van der Waals surface area contributed by atoms with E-state index in [-0.39, 0.29) is 5.52 Å². The van der Waals surface area contributed by atoms with E-state index in [0.29, 0.717) is 0 Å². The van der Waals surface area contributed by atoms with Crippen LogP contribution in [0.5, 0.6) is 0 Å². The summed E-state index contributed by atoms with van der Waals surface area (Å²) in [7, 11) is 3.69. The summed E-state index contributed by atoms with van der Waals surface area (Å²) in [6.45, 7) is 6.21. The summed E-state index contributed by atoms with van der Waals surface area (Å²) in [5, 5.41) is 9.34. The number of rotatable bonds is 5. The predicted molar refractivity (Wildman–Crippen MR) is 85.5 cm³/mol. The molecule has 0 aliphatic heterocycles. The number of benzene rings is 1. The summed E-state index contributed by atoms with van der Waals surface area (Å²) in [5.74, 6) is 0. The van der Waals surface area contributed by atoms with Gasteiger partial charge in [0.25, 0.3) is 0 Å². The van der Waals surface area contributed by atoms with Gasteiger partial charge in [0.05, 0.1) is 0 Å². The van der Waals surface area contributed by atoms with Gasteiger partial charge in [0.1, 0.15) is 0 Å². The van der Waals surface area contributed by atoms with Gasteiger partial charge in [-0.05, 0) is 0 Å². The van der Waals surface area contributed by atoms with Gasteiger partial charge in [-0.25, -0.2) is 0 Å². The van der Waals surface area contributed by atoms with Gasteiger partial charge in [-0.3, -0.25) is 0 Å². The van der Waals surface area contributed by atoms with E-state index in [9.17, 15) is 4.79 Å². The molecule has 102 valence electrons. The number of nitrogens with one attached hydrogen (secondary N) is 3. The zero-order valence-corrected chi connectivity index (χ0v) is 13.1. The van der Waals surface area contributed by atoms with Crippen molar-refractivity contribution in [2.24, 2.45) is 0 Å². The molecule has 5 heteroatoms. The Labute approximate surface area is 110 Å². The Morgan fingerprint density at radius 3 is 1.67 bits per heavy atom. The second-order valence-corrected chi connectivity index (χ2v) is 10.2. The van der Waals surface area contributed by atoms with Crippen molar-refractivity contribution in [2.75, 3.05) is 57.1 Å². The number of anilines is 3. The van der Waals surface area contributed by atoms with Gasteiger partial charge in [-0.1, -0.05) is 0 Å². The Kier molecular flexibility index (Phi) is 4.58. The molecule has 0 aliphatic rings. The second-order valence-electron chi connectivity index (χ2n) is 5.28. The van der Waals surface area contributed by atoms with Crippen molar-refractivity contribution in [3.63, 3.8) is 0 Å². The van der Waals surface area contributed by atoms with Crippen LogP contribution in [0.4, 0.5) is 17.1 Å². The summed E-state index contributed by atoms with van der Waals surface area (Å²) in [6.07, 6.45) is 0. The Balaban J connectivity index is 3.45. The fourth-order valence-corrected chi connectivity index (χ4v) is 2.82. The molecule has 18 heavy (non-hydrogen) atoms. The van der Waals surface area contributed by atoms with Gasteiger partial charge in [-0.2, -0.15) is 0 Å². The van der Waals surface area contributed by atoms with E-state index in [0.717, 1.165) is 22.6 Å². The molecule has 1 aromatic rings. The first kappa shape index (κ1) is 14.8. The monoisotopic (exact) mass is 269 g/mol. The molecule has 0 radical (unpaired) electrons. The Hall–Kier alpha value is -1.28. The average molecular weight is 269 g/mol. The first-order valence-corrected chi connectivity index (χ1v) is 9.61. The first-order valence-electron chi connectivity index (χ1n) is 6.11. The molecule has 0 saturated carbocycles. The number of hydrogen-bond acceptors (Lipinski definition) is 4.